The minimum absolute atomic E-state index is 0.0482. The molecule has 7 heteroatoms. The van der Waals surface area contributed by atoms with E-state index in [2.05, 4.69) is 15.2 Å². The van der Waals surface area contributed by atoms with Crippen molar-refractivity contribution in [2.75, 3.05) is 7.11 Å². The summed E-state index contributed by atoms with van der Waals surface area (Å²) in [6.07, 6.45) is 7.00. The third-order valence-electron chi connectivity index (χ3n) is 3.80. The molecule has 4 aromatic rings. The van der Waals surface area contributed by atoms with Crippen LogP contribution in [0.1, 0.15) is 5.56 Å². The smallest absolute Gasteiger partial charge is 0.238 e. The zero-order valence-electron chi connectivity index (χ0n) is 13.0. The Morgan fingerprint density at radius 2 is 1.92 bits per heavy atom. The normalized spacial score (nSPS) is 11.0. The van der Waals surface area contributed by atoms with Gasteiger partial charge < -0.3 is 9.84 Å². The van der Waals surface area contributed by atoms with Crippen LogP contribution < -0.4 is 4.74 Å². The maximum Gasteiger partial charge on any atom is 0.238 e. The molecule has 24 heavy (non-hydrogen) atoms. The Bertz CT molecular complexity index is 988. The molecule has 0 aliphatic carbocycles. The first-order valence-electron chi connectivity index (χ1n) is 7.42. The van der Waals surface area contributed by atoms with Crippen LogP contribution in [0, 0.1) is 0 Å². The number of benzene rings is 1. The van der Waals surface area contributed by atoms with E-state index in [-0.39, 0.29) is 5.88 Å². The van der Waals surface area contributed by atoms with Gasteiger partial charge in [-0.05, 0) is 23.8 Å². The van der Waals surface area contributed by atoms with Crippen LogP contribution in [0.5, 0.6) is 11.6 Å². The van der Waals surface area contributed by atoms with Crippen molar-refractivity contribution in [3.8, 4) is 22.9 Å². The molecule has 0 fully saturated rings. The molecule has 120 valence electrons. The standard InChI is InChI=1S/C17H15N5O2/c1-24-14-4-2-12(3-5-14)9-21-10-13(8-19-21)15-11-22-16(6-7-18-22)17(23)20-15/h2-8,10-11H,9H2,1H3,(H,20,23). The molecule has 4 rings (SSSR count). The van der Waals surface area contributed by atoms with Gasteiger partial charge in [0.25, 0.3) is 0 Å². The highest BCUT2D eigenvalue weighted by atomic mass is 16.5. The molecule has 1 N–H and O–H groups in total. The molecule has 0 bridgehead atoms. The van der Waals surface area contributed by atoms with Crippen LogP contribution >= 0.6 is 0 Å². The number of hydrogen-bond acceptors (Lipinski definition) is 5. The molecule has 0 spiro atoms. The molecule has 0 aliphatic heterocycles. The van der Waals surface area contributed by atoms with Crippen molar-refractivity contribution in [1.29, 1.82) is 0 Å². The minimum Gasteiger partial charge on any atom is -0.497 e. The van der Waals surface area contributed by atoms with Crippen LogP contribution in [0.25, 0.3) is 16.8 Å². The van der Waals surface area contributed by atoms with Gasteiger partial charge in [0, 0.05) is 11.8 Å². The molecule has 1 aromatic carbocycles. The van der Waals surface area contributed by atoms with E-state index in [9.17, 15) is 5.11 Å². The maximum atomic E-state index is 9.98. The average molecular weight is 321 g/mol. The van der Waals surface area contributed by atoms with E-state index in [1.807, 2.05) is 35.1 Å². The third-order valence-corrected chi connectivity index (χ3v) is 3.80. The van der Waals surface area contributed by atoms with Crippen molar-refractivity contribution in [2.24, 2.45) is 0 Å². The molecular weight excluding hydrogens is 306 g/mol. The van der Waals surface area contributed by atoms with E-state index >= 15 is 0 Å². The number of fused-ring (bicyclic) bond motifs is 1. The molecular formula is C17H15N5O2. The lowest BCUT2D eigenvalue weighted by Crippen LogP contribution is -1.99. The summed E-state index contributed by atoms with van der Waals surface area (Å²) in [5.41, 5.74) is 3.12. The lowest BCUT2D eigenvalue weighted by molar-refractivity contribution is 0.414. The molecule has 0 amide bonds. The first-order chi connectivity index (χ1) is 11.7. The maximum absolute atomic E-state index is 9.98. The lowest BCUT2D eigenvalue weighted by atomic mass is 10.2. The highest BCUT2D eigenvalue weighted by Crippen LogP contribution is 2.22. The van der Waals surface area contributed by atoms with Gasteiger partial charge in [0.2, 0.25) is 5.88 Å². The number of rotatable bonds is 4. The first-order valence-corrected chi connectivity index (χ1v) is 7.42. The van der Waals surface area contributed by atoms with Crippen LogP contribution in [-0.4, -0.2) is 36.6 Å². The van der Waals surface area contributed by atoms with Crippen molar-refractivity contribution in [2.45, 2.75) is 6.54 Å². The van der Waals surface area contributed by atoms with Crippen LogP contribution in [0.15, 0.2) is 55.1 Å². The predicted molar refractivity (Wildman–Crippen MR) is 88.0 cm³/mol. The molecule has 0 saturated carbocycles. The monoisotopic (exact) mass is 321 g/mol. The predicted octanol–water partition coefficient (Wildman–Crippen LogP) is 2.36. The SMILES string of the molecule is COc1ccc(Cn2cc(-c3cn4nccc4c(O)n3)cn2)cc1. The number of aromatic hydroxyl groups is 1. The van der Waals surface area contributed by atoms with Gasteiger partial charge in [-0.15, -0.1) is 0 Å². The molecule has 0 atom stereocenters. The summed E-state index contributed by atoms with van der Waals surface area (Å²) < 4.78 is 8.58. The Hall–Kier alpha value is -3.35. The van der Waals surface area contributed by atoms with Gasteiger partial charge in [0.05, 0.1) is 37.9 Å². The second-order valence-electron chi connectivity index (χ2n) is 5.39. The van der Waals surface area contributed by atoms with E-state index < -0.39 is 0 Å². The van der Waals surface area contributed by atoms with Gasteiger partial charge in [0.1, 0.15) is 11.3 Å². The minimum atomic E-state index is -0.0482. The van der Waals surface area contributed by atoms with E-state index in [1.54, 1.807) is 36.3 Å². The van der Waals surface area contributed by atoms with Crippen molar-refractivity contribution in [3.63, 3.8) is 0 Å². The van der Waals surface area contributed by atoms with Crippen molar-refractivity contribution in [1.82, 2.24) is 24.4 Å². The molecule has 0 unspecified atom stereocenters. The number of ether oxygens (including phenoxy) is 1. The molecule has 3 heterocycles. The Labute approximate surface area is 137 Å². The van der Waals surface area contributed by atoms with Crippen molar-refractivity contribution < 1.29 is 9.84 Å². The van der Waals surface area contributed by atoms with Gasteiger partial charge in [0.15, 0.2) is 0 Å². The van der Waals surface area contributed by atoms with Gasteiger partial charge in [-0.1, -0.05) is 12.1 Å². The topological polar surface area (TPSA) is 77.5 Å². The fourth-order valence-electron chi connectivity index (χ4n) is 2.55. The van der Waals surface area contributed by atoms with E-state index in [0.29, 0.717) is 17.8 Å². The second-order valence-corrected chi connectivity index (χ2v) is 5.39. The average Bonchev–Trinajstić information content (AvgIpc) is 3.25. The van der Waals surface area contributed by atoms with Crippen LogP contribution in [0.4, 0.5) is 0 Å². The highest BCUT2D eigenvalue weighted by molar-refractivity contribution is 5.63. The zero-order valence-corrected chi connectivity index (χ0v) is 13.0. The van der Waals surface area contributed by atoms with Gasteiger partial charge in [-0.3, -0.25) is 4.68 Å². The second kappa shape index (κ2) is 5.69. The van der Waals surface area contributed by atoms with E-state index in [1.165, 1.54) is 0 Å². The zero-order chi connectivity index (χ0) is 16.5. The quantitative estimate of drug-likeness (QED) is 0.624. The largest absolute Gasteiger partial charge is 0.497 e. The molecule has 0 aliphatic rings. The summed E-state index contributed by atoms with van der Waals surface area (Å²) in [6.45, 7) is 0.639. The van der Waals surface area contributed by atoms with Crippen molar-refractivity contribution >= 4 is 5.52 Å². The summed E-state index contributed by atoms with van der Waals surface area (Å²) in [5.74, 6) is 0.778. The Kier molecular flexibility index (Phi) is 3.38. The Balaban J connectivity index is 1.61. The number of hydrogen-bond donors (Lipinski definition) is 1. The van der Waals surface area contributed by atoms with Crippen LogP contribution in [-0.2, 0) is 6.54 Å². The Morgan fingerprint density at radius 1 is 1.08 bits per heavy atom. The fourth-order valence-corrected chi connectivity index (χ4v) is 2.55. The highest BCUT2D eigenvalue weighted by Gasteiger charge is 2.09. The number of aromatic nitrogens is 5. The van der Waals surface area contributed by atoms with Crippen LogP contribution in [0.2, 0.25) is 0 Å². The fraction of sp³-hybridized carbons (Fsp3) is 0.118. The molecule has 0 saturated heterocycles. The van der Waals surface area contributed by atoms with E-state index in [0.717, 1.165) is 16.9 Å². The Morgan fingerprint density at radius 3 is 2.71 bits per heavy atom. The summed E-state index contributed by atoms with van der Waals surface area (Å²) in [7, 11) is 1.65. The van der Waals surface area contributed by atoms with Gasteiger partial charge >= 0.3 is 0 Å². The molecule has 7 nitrogen and oxygen atoms in total. The first kappa shape index (κ1) is 14.3. The number of nitrogens with zero attached hydrogens (tertiary/aromatic N) is 5. The lowest BCUT2D eigenvalue weighted by Gasteiger charge is -2.04. The molecule has 3 aromatic heterocycles. The summed E-state index contributed by atoms with van der Waals surface area (Å²) in [4.78, 5) is 4.21. The van der Waals surface area contributed by atoms with Gasteiger partial charge in [-0.2, -0.15) is 10.2 Å². The van der Waals surface area contributed by atoms with Gasteiger partial charge in [-0.25, -0.2) is 9.50 Å². The summed E-state index contributed by atoms with van der Waals surface area (Å²) in [6, 6.07) is 9.55. The van der Waals surface area contributed by atoms with Crippen molar-refractivity contribution in [3.05, 3.63) is 60.7 Å². The van der Waals surface area contributed by atoms with E-state index in [4.69, 9.17) is 4.74 Å². The summed E-state index contributed by atoms with van der Waals surface area (Å²) >= 11 is 0. The number of methoxy groups -OCH3 is 1. The van der Waals surface area contributed by atoms with Crippen LogP contribution in [0.3, 0.4) is 0 Å². The third kappa shape index (κ3) is 2.56. The summed E-state index contributed by atoms with van der Waals surface area (Å²) in [5, 5.41) is 18.5. The molecule has 0 radical (unpaired) electrons.